The Morgan fingerprint density at radius 2 is 1.82 bits per heavy atom. The molecule has 2 N–H and O–H groups in total. The number of carbonyl (C=O) groups is 1. The molecule has 28 heavy (non-hydrogen) atoms. The molecule has 1 aliphatic heterocycles. The molecule has 0 bridgehead atoms. The first kappa shape index (κ1) is 20.2. The van der Waals surface area contributed by atoms with E-state index >= 15 is 0 Å². The number of Topliss-reactive ketones (excluding diaryl/α,β-unsaturated/α-hetero) is 1. The smallest absolute Gasteiger partial charge is 0.163 e. The van der Waals surface area contributed by atoms with Crippen LogP contribution in [0, 0.1) is 0 Å². The molecule has 1 fully saturated rings. The van der Waals surface area contributed by atoms with E-state index in [1.165, 1.54) is 17.5 Å². The quantitative estimate of drug-likeness (QED) is 0.665. The van der Waals surface area contributed by atoms with Gasteiger partial charge in [-0.3, -0.25) is 4.79 Å². The maximum Gasteiger partial charge on any atom is 0.163 e. The number of piperazine rings is 1. The summed E-state index contributed by atoms with van der Waals surface area (Å²) >= 11 is 0. The van der Waals surface area contributed by atoms with E-state index in [2.05, 4.69) is 17.0 Å². The van der Waals surface area contributed by atoms with Gasteiger partial charge in [0.05, 0.1) is 38.9 Å². The first-order chi connectivity index (χ1) is 13.6. The molecule has 150 valence electrons. The molecule has 0 unspecified atom stereocenters. The van der Waals surface area contributed by atoms with Crippen LogP contribution in [0.4, 0.5) is 5.69 Å². The number of aliphatic hydroxyl groups is 1. The summed E-state index contributed by atoms with van der Waals surface area (Å²) in [6, 6.07) is 15.3. The van der Waals surface area contributed by atoms with Gasteiger partial charge in [-0.15, -0.1) is 0 Å². The predicted molar refractivity (Wildman–Crippen MR) is 109 cm³/mol. The fourth-order valence-corrected chi connectivity index (χ4v) is 3.54. The molecule has 1 heterocycles. The molecule has 0 saturated carbocycles. The van der Waals surface area contributed by atoms with Crippen LogP contribution in [0.15, 0.2) is 48.5 Å². The van der Waals surface area contributed by atoms with Gasteiger partial charge in [0.15, 0.2) is 5.78 Å². The van der Waals surface area contributed by atoms with E-state index in [4.69, 9.17) is 9.47 Å². The van der Waals surface area contributed by atoms with E-state index < -0.39 is 6.10 Å². The molecule has 1 atom stereocenters. The number of ether oxygens (including phenoxy) is 2. The Morgan fingerprint density at radius 1 is 1.14 bits per heavy atom. The van der Waals surface area contributed by atoms with Gasteiger partial charge in [-0.05, 0) is 43.3 Å². The molecule has 0 aromatic heterocycles. The summed E-state index contributed by atoms with van der Waals surface area (Å²) < 4.78 is 10.9. The number of quaternary nitrogens is 1. The van der Waals surface area contributed by atoms with Crippen LogP contribution in [0.3, 0.4) is 0 Å². The summed E-state index contributed by atoms with van der Waals surface area (Å²) in [4.78, 5) is 15.4. The number of para-hydroxylation sites is 1. The van der Waals surface area contributed by atoms with Gasteiger partial charge < -0.3 is 24.4 Å². The molecular weight excluding hydrogens is 356 g/mol. The zero-order chi connectivity index (χ0) is 19.9. The van der Waals surface area contributed by atoms with Crippen molar-refractivity contribution in [2.24, 2.45) is 0 Å². The highest BCUT2D eigenvalue weighted by Gasteiger charge is 2.23. The van der Waals surface area contributed by atoms with Crippen molar-refractivity contribution in [3.63, 3.8) is 0 Å². The standard InChI is InChI=1S/C22H28N2O4/c1-17(25)21-5-3-4-6-22(21)28-16-19(26)15-23-11-13-24(14-12-23)18-7-9-20(27-2)10-8-18/h3-10,19,26H,11-16H2,1-2H3/p+1/t19-/m1/s1. The van der Waals surface area contributed by atoms with Crippen molar-refractivity contribution in [2.75, 3.05) is 51.3 Å². The molecule has 0 aliphatic carbocycles. The largest absolute Gasteiger partial charge is 0.497 e. The molecule has 0 amide bonds. The molecule has 3 rings (SSSR count). The Morgan fingerprint density at radius 3 is 2.46 bits per heavy atom. The van der Waals surface area contributed by atoms with Crippen LogP contribution >= 0.6 is 0 Å². The van der Waals surface area contributed by atoms with Gasteiger partial charge in [0.1, 0.15) is 30.8 Å². The zero-order valence-electron chi connectivity index (χ0n) is 16.6. The van der Waals surface area contributed by atoms with Crippen molar-refractivity contribution in [3.8, 4) is 11.5 Å². The predicted octanol–water partition coefficient (Wildman–Crippen LogP) is 1.04. The van der Waals surface area contributed by atoms with Gasteiger partial charge in [0, 0.05) is 5.69 Å². The molecule has 6 heteroatoms. The van der Waals surface area contributed by atoms with E-state index in [0.717, 1.165) is 31.9 Å². The lowest BCUT2D eigenvalue weighted by Gasteiger charge is -2.34. The second-order valence-electron chi connectivity index (χ2n) is 7.16. The van der Waals surface area contributed by atoms with Gasteiger partial charge in [0.25, 0.3) is 0 Å². The minimum atomic E-state index is -0.567. The first-order valence-corrected chi connectivity index (χ1v) is 9.70. The minimum absolute atomic E-state index is 0.0367. The van der Waals surface area contributed by atoms with E-state index in [0.29, 0.717) is 17.9 Å². The van der Waals surface area contributed by atoms with Gasteiger partial charge >= 0.3 is 0 Å². The fourth-order valence-electron chi connectivity index (χ4n) is 3.54. The van der Waals surface area contributed by atoms with Crippen LogP contribution in [-0.2, 0) is 0 Å². The van der Waals surface area contributed by atoms with Crippen molar-refractivity contribution >= 4 is 11.5 Å². The molecule has 2 aromatic rings. The number of ketones is 1. The Bertz CT molecular complexity index is 770. The number of hydrogen-bond donors (Lipinski definition) is 2. The van der Waals surface area contributed by atoms with E-state index in [9.17, 15) is 9.90 Å². The average molecular weight is 385 g/mol. The van der Waals surface area contributed by atoms with E-state index in [1.54, 1.807) is 19.2 Å². The Kier molecular flexibility index (Phi) is 6.90. The van der Waals surface area contributed by atoms with Crippen molar-refractivity contribution < 1.29 is 24.3 Å². The normalized spacial score (nSPS) is 15.9. The number of anilines is 1. The second kappa shape index (κ2) is 9.57. The molecule has 1 saturated heterocycles. The highest BCUT2D eigenvalue weighted by Crippen LogP contribution is 2.19. The van der Waals surface area contributed by atoms with Gasteiger partial charge in [-0.1, -0.05) is 12.1 Å². The molecule has 2 aromatic carbocycles. The van der Waals surface area contributed by atoms with Crippen molar-refractivity contribution in [3.05, 3.63) is 54.1 Å². The monoisotopic (exact) mass is 385 g/mol. The number of benzene rings is 2. The molecular formula is C22H29N2O4+. The topological polar surface area (TPSA) is 63.4 Å². The summed E-state index contributed by atoms with van der Waals surface area (Å²) in [5, 5.41) is 10.4. The van der Waals surface area contributed by atoms with Crippen LogP contribution < -0.4 is 19.3 Å². The molecule has 6 nitrogen and oxygen atoms in total. The minimum Gasteiger partial charge on any atom is -0.497 e. The number of nitrogens with one attached hydrogen (secondary N) is 1. The van der Waals surface area contributed by atoms with Crippen molar-refractivity contribution in [1.82, 2.24) is 0 Å². The first-order valence-electron chi connectivity index (χ1n) is 9.70. The lowest BCUT2D eigenvalue weighted by molar-refractivity contribution is -0.903. The van der Waals surface area contributed by atoms with Crippen LogP contribution in [0.1, 0.15) is 17.3 Å². The Labute approximate surface area is 166 Å². The van der Waals surface area contributed by atoms with Crippen LogP contribution in [0.2, 0.25) is 0 Å². The summed E-state index contributed by atoms with van der Waals surface area (Å²) in [6.07, 6.45) is -0.567. The second-order valence-corrected chi connectivity index (χ2v) is 7.16. The Balaban J connectivity index is 1.45. The number of methoxy groups -OCH3 is 1. The van der Waals surface area contributed by atoms with Gasteiger partial charge in [-0.2, -0.15) is 0 Å². The molecule has 0 spiro atoms. The number of hydrogen-bond acceptors (Lipinski definition) is 5. The van der Waals surface area contributed by atoms with Crippen molar-refractivity contribution in [1.29, 1.82) is 0 Å². The lowest BCUT2D eigenvalue weighted by atomic mass is 10.1. The maximum atomic E-state index is 11.7. The average Bonchev–Trinajstić information content (AvgIpc) is 2.73. The highest BCUT2D eigenvalue weighted by molar-refractivity contribution is 5.96. The summed E-state index contributed by atoms with van der Waals surface area (Å²) in [5.74, 6) is 1.36. The van der Waals surface area contributed by atoms with E-state index in [1.807, 2.05) is 24.3 Å². The number of rotatable bonds is 8. The van der Waals surface area contributed by atoms with Gasteiger partial charge in [-0.25, -0.2) is 0 Å². The highest BCUT2D eigenvalue weighted by atomic mass is 16.5. The summed E-state index contributed by atoms with van der Waals surface area (Å²) in [5.41, 5.74) is 1.75. The Hall–Kier alpha value is -2.57. The third-order valence-corrected chi connectivity index (χ3v) is 5.13. The van der Waals surface area contributed by atoms with Crippen LogP contribution in [0.25, 0.3) is 0 Å². The third-order valence-electron chi connectivity index (χ3n) is 5.13. The molecule has 0 radical (unpaired) electrons. The maximum absolute atomic E-state index is 11.7. The van der Waals surface area contributed by atoms with E-state index in [-0.39, 0.29) is 12.4 Å². The van der Waals surface area contributed by atoms with Gasteiger partial charge in [0.2, 0.25) is 0 Å². The van der Waals surface area contributed by atoms with Crippen LogP contribution in [0.5, 0.6) is 11.5 Å². The summed E-state index contributed by atoms with van der Waals surface area (Å²) in [6.45, 7) is 6.17. The van der Waals surface area contributed by atoms with Crippen molar-refractivity contribution in [2.45, 2.75) is 13.0 Å². The number of nitrogens with zero attached hydrogens (tertiary/aromatic N) is 1. The zero-order valence-corrected chi connectivity index (χ0v) is 16.6. The molecule has 1 aliphatic rings. The van der Waals surface area contributed by atoms with Crippen LogP contribution in [-0.4, -0.2) is 63.4 Å². The number of carbonyl (C=O) groups excluding carboxylic acids is 1. The fraction of sp³-hybridized carbons (Fsp3) is 0.409. The summed E-state index contributed by atoms with van der Waals surface area (Å²) in [7, 11) is 1.67. The third kappa shape index (κ3) is 5.24. The number of aliphatic hydroxyl groups excluding tert-OH is 1. The lowest BCUT2D eigenvalue weighted by Crippen LogP contribution is -3.16. The SMILES string of the molecule is COc1ccc(N2CC[NH+](C[C@@H](O)COc3ccccc3C(C)=O)CC2)cc1.